The molecule has 1 aliphatic carbocycles. The van der Waals surface area contributed by atoms with Crippen LogP contribution < -0.4 is 0 Å². The third-order valence-electron chi connectivity index (χ3n) is 4.49. The number of hydrogen-bond acceptors (Lipinski definition) is 2. The molecule has 3 nitrogen and oxygen atoms in total. The van der Waals surface area contributed by atoms with E-state index in [1.165, 1.54) is 4.90 Å². The molecule has 2 rings (SSSR count). The van der Waals surface area contributed by atoms with Gasteiger partial charge in [0.1, 0.15) is 5.78 Å². The van der Waals surface area contributed by atoms with E-state index in [1.54, 1.807) is 6.92 Å². The Labute approximate surface area is 116 Å². The van der Waals surface area contributed by atoms with E-state index >= 15 is 0 Å². The molecule has 0 spiro atoms. The van der Waals surface area contributed by atoms with Crippen molar-refractivity contribution < 1.29 is 22.8 Å². The van der Waals surface area contributed by atoms with Crippen molar-refractivity contribution in [1.82, 2.24) is 4.90 Å². The van der Waals surface area contributed by atoms with Gasteiger partial charge in [-0.3, -0.25) is 9.59 Å². The summed E-state index contributed by atoms with van der Waals surface area (Å²) in [5, 5.41) is 0. The fourth-order valence-electron chi connectivity index (χ4n) is 3.27. The van der Waals surface area contributed by atoms with E-state index < -0.39 is 23.9 Å². The number of rotatable bonds is 1. The third-order valence-corrected chi connectivity index (χ3v) is 4.49. The van der Waals surface area contributed by atoms with Crippen molar-refractivity contribution in [3.63, 3.8) is 0 Å². The summed E-state index contributed by atoms with van der Waals surface area (Å²) in [4.78, 5) is 25.3. The van der Waals surface area contributed by atoms with Gasteiger partial charge in [-0.2, -0.15) is 13.2 Å². The minimum Gasteiger partial charge on any atom is -0.341 e. The Bertz CT molecular complexity index is 394. The maximum Gasteiger partial charge on any atom is 0.392 e. The average Bonchev–Trinajstić information content (AvgIpc) is 2.40. The van der Waals surface area contributed by atoms with Crippen LogP contribution in [-0.2, 0) is 9.59 Å². The second-order valence-corrected chi connectivity index (χ2v) is 5.94. The molecule has 20 heavy (non-hydrogen) atoms. The summed E-state index contributed by atoms with van der Waals surface area (Å²) < 4.78 is 39.1. The van der Waals surface area contributed by atoms with Gasteiger partial charge < -0.3 is 4.90 Å². The zero-order valence-corrected chi connectivity index (χ0v) is 11.6. The van der Waals surface area contributed by atoms with Crippen molar-refractivity contribution in [3.8, 4) is 0 Å². The molecular formula is C14H20F3NO2. The molecule has 6 heteroatoms. The highest BCUT2D eigenvalue weighted by Crippen LogP contribution is 2.42. The largest absolute Gasteiger partial charge is 0.392 e. The molecule has 0 aromatic heterocycles. The highest BCUT2D eigenvalue weighted by atomic mass is 19.4. The highest BCUT2D eigenvalue weighted by Gasteiger charge is 2.49. The Hall–Kier alpha value is -1.07. The SMILES string of the molecule is CC1CN(C(=O)C2CCCCC2C(F)(F)F)CCC1=O. The van der Waals surface area contributed by atoms with Crippen LogP contribution in [0.4, 0.5) is 13.2 Å². The van der Waals surface area contributed by atoms with Crippen LogP contribution in [0.5, 0.6) is 0 Å². The number of amides is 1. The lowest BCUT2D eigenvalue weighted by Crippen LogP contribution is -2.49. The number of alkyl halides is 3. The average molecular weight is 291 g/mol. The first-order chi connectivity index (χ1) is 9.30. The van der Waals surface area contributed by atoms with Gasteiger partial charge in [-0.25, -0.2) is 0 Å². The molecule has 1 aliphatic heterocycles. The van der Waals surface area contributed by atoms with Crippen LogP contribution in [-0.4, -0.2) is 35.9 Å². The van der Waals surface area contributed by atoms with Gasteiger partial charge in [0.15, 0.2) is 0 Å². The Balaban J connectivity index is 2.08. The molecule has 0 bridgehead atoms. The van der Waals surface area contributed by atoms with Gasteiger partial charge in [-0.15, -0.1) is 0 Å². The monoisotopic (exact) mass is 291 g/mol. The summed E-state index contributed by atoms with van der Waals surface area (Å²) in [7, 11) is 0. The van der Waals surface area contributed by atoms with E-state index in [9.17, 15) is 22.8 Å². The first-order valence-corrected chi connectivity index (χ1v) is 7.19. The molecule has 0 radical (unpaired) electrons. The van der Waals surface area contributed by atoms with Crippen LogP contribution in [0, 0.1) is 17.8 Å². The van der Waals surface area contributed by atoms with E-state index in [0.717, 1.165) is 0 Å². The van der Waals surface area contributed by atoms with E-state index in [0.29, 0.717) is 19.3 Å². The third kappa shape index (κ3) is 3.15. The summed E-state index contributed by atoms with van der Waals surface area (Å²) in [5.41, 5.74) is 0. The molecule has 0 N–H and O–H groups in total. The smallest absolute Gasteiger partial charge is 0.341 e. The molecule has 114 valence electrons. The van der Waals surface area contributed by atoms with Crippen molar-refractivity contribution in [2.45, 2.75) is 45.2 Å². The summed E-state index contributed by atoms with van der Waals surface area (Å²) in [6.45, 7) is 2.26. The predicted molar refractivity (Wildman–Crippen MR) is 66.9 cm³/mol. The van der Waals surface area contributed by atoms with Crippen molar-refractivity contribution in [1.29, 1.82) is 0 Å². The predicted octanol–water partition coefficient (Wildman–Crippen LogP) is 2.79. The van der Waals surface area contributed by atoms with Gasteiger partial charge in [0.05, 0.1) is 5.92 Å². The number of Topliss-reactive ketones (excluding diaryl/α,β-unsaturated/α-hetero) is 1. The summed E-state index contributed by atoms with van der Waals surface area (Å²) in [6, 6.07) is 0. The molecule has 0 aromatic carbocycles. The van der Waals surface area contributed by atoms with E-state index in [4.69, 9.17) is 0 Å². The molecule has 1 saturated heterocycles. The quantitative estimate of drug-likeness (QED) is 0.745. The lowest BCUT2D eigenvalue weighted by Gasteiger charge is -2.38. The first-order valence-electron chi connectivity index (χ1n) is 7.19. The van der Waals surface area contributed by atoms with Gasteiger partial charge in [-0.1, -0.05) is 19.8 Å². The van der Waals surface area contributed by atoms with Crippen LogP contribution in [0.3, 0.4) is 0 Å². The second kappa shape index (κ2) is 5.74. The molecule has 1 heterocycles. The molecule has 0 aromatic rings. The normalized spacial score (nSPS) is 32.3. The number of halogens is 3. The zero-order chi connectivity index (χ0) is 14.9. The maximum absolute atomic E-state index is 13.0. The van der Waals surface area contributed by atoms with E-state index in [1.807, 2.05) is 0 Å². The molecule has 3 atom stereocenters. The number of likely N-dealkylation sites (tertiary alicyclic amines) is 1. The molecular weight excluding hydrogens is 271 g/mol. The molecule has 3 unspecified atom stereocenters. The fraction of sp³-hybridized carbons (Fsp3) is 0.857. The number of hydrogen-bond donors (Lipinski definition) is 0. The number of nitrogens with zero attached hydrogens (tertiary/aromatic N) is 1. The van der Waals surface area contributed by atoms with Gasteiger partial charge in [0.25, 0.3) is 0 Å². The van der Waals surface area contributed by atoms with Crippen molar-refractivity contribution >= 4 is 11.7 Å². The highest BCUT2D eigenvalue weighted by molar-refractivity contribution is 5.86. The van der Waals surface area contributed by atoms with Gasteiger partial charge in [0.2, 0.25) is 5.91 Å². The molecule has 1 amide bonds. The van der Waals surface area contributed by atoms with Crippen molar-refractivity contribution in [2.75, 3.05) is 13.1 Å². The van der Waals surface area contributed by atoms with Crippen molar-refractivity contribution in [3.05, 3.63) is 0 Å². The Morgan fingerprint density at radius 1 is 1.25 bits per heavy atom. The second-order valence-electron chi connectivity index (χ2n) is 5.94. The molecule has 1 saturated carbocycles. The standard InChI is InChI=1S/C14H20F3NO2/c1-9-8-18(7-6-12(9)19)13(20)10-4-2-3-5-11(10)14(15,16)17/h9-11H,2-8H2,1H3. The van der Waals surface area contributed by atoms with Gasteiger partial charge in [-0.05, 0) is 12.8 Å². The van der Waals surface area contributed by atoms with Gasteiger partial charge in [0, 0.05) is 31.3 Å². The Morgan fingerprint density at radius 3 is 2.50 bits per heavy atom. The molecule has 2 fully saturated rings. The lowest BCUT2D eigenvalue weighted by atomic mass is 9.77. The van der Waals surface area contributed by atoms with E-state index in [-0.39, 0.29) is 37.6 Å². The number of piperidine rings is 1. The van der Waals surface area contributed by atoms with Crippen LogP contribution in [0.1, 0.15) is 39.0 Å². The summed E-state index contributed by atoms with van der Waals surface area (Å²) in [6.07, 6.45) is -2.49. The van der Waals surface area contributed by atoms with E-state index in [2.05, 4.69) is 0 Å². The van der Waals surface area contributed by atoms with Crippen LogP contribution in [0.15, 0.2) is 0 Å². The Kier molecular flexibility index (Phi) is 4.39. The minimum atomic E-state index is -4.31. The van der Waals surface area contributed by atoms with Crippen LogP contribution in [0.2, 0.25) is 0 Å². The lowest BCUT2D eigenvalue weighted by molar-refractivity contribution is -0.201. The summed E-state index contributed by atoms with van der Waals surface area (Å²) in [5.74, 6) is -3.06. The number of carbonyl (C=O) groups is 2. The van der Waals surface area contributed by atoms with Crippen molar-refractivity contribution in [2.24, 2.45) is 17.8 Å². The Morgan fingerprint density at radius 2 is 1.90 bits per heavy atom. The fourth-order valence-corrected chi connectivity index (χ4v) is 3.27. The van der Waals surface area contributed by atoms with Crippen LogP contribution in [0.25, 0.3) is 0 Å². The topological polar surface area (TPSA) is 37.4 Å². The summed E-state index contributed by atoms with van der Waals surface area (Å²) >= 11 is 0. The zero-order valence-electron chi connectivity index (χ0n) is 11.6. The number of carbonyl (C=O) groups excluding carboxylic acids is 2. The minimum absolute atomic E-state index is 0.0439. The maximum atomic E-state index is 13.0. The van der Waals surface area contributed by atoms with Gasteiger partial charge >= 0.3 is 6.18 Å². The first kappa shape index (κ1) is 15.3. The number of ketones is 1. The van der Waals surface area contributed by atoms with Crippen LogP contribution >= 0.6 is 0 Å². The molecule has 2 aliphatic rings.